The zero-order valence-corrected chi connectivity index (χ0v) is 15.2. The zero-order chi connectivity index (χ0) is 15.4. The average molecular weight is 297 g/mol. The molecule has 1 rings (SSSR count). The van der Waals surface area contributed by atoms with Gasteiger partial charge >= 0.3 is 0 Å². The number of epoxide rings is 1. The highest BCUT2D eigenvalue weighted by Gasteiger charge is 2.39. The second-order valence-electron chi connectivity index (χ2n) is 6.82. The largest absolute Gasteiger partial charge is 0.371 e. The Bertz CT molecular complexity index is 363. The van der Waals surface area contributed by atoms with Crippen molar-refractivity contribution in [1.82, 2.24) is 0 Å². The summed E-state index contributed by atoms with van der Waals surface area (Å²) < 4.78 is 11.5. The van der Waals surface area contributed by atoms with E-state index in [1.165, 1.54) is 17.7 Å². The Morgan fingerprint density at radius 3 is 2.35 bits per heavy atom. The molecule has 0 amide bonds. The lowest BCUT2D eigenvalue weighted by Gasteiger charge is -2.39. The van der Waals surface area contributed by atoms with Gasteiger partial charge in [0.25, 0.3) is 0 Å². The SMILES string of the molecule is C=C(C)C/C=C(/C(C)(C)OC[C@H]1CO1)[Si](C)(CC)CC. The molecule has 1 saturated heterocycles. The molecule has 0 unspecified atom stereocenters. The Morgan fingerprint density at radius 1 is 1.40 bits per heavy atom. The minimum Gasteiger partial charge on any atom is -0.371 e. The molecule has 1 aliphatic rings. The van der Waals surface area contributed by atoms with Gasteiger partial charge in [0.15, 0.2) is 0 Å². The summed E-state index contributed by atoms with van der Waals surface area (Å²) in [6, 6.07) is 2.52. The first-order valence-electron chi connectivity index (χ1n) is 7.86. The second kappa shape index (κ2) is 7.06. The summed E-state index contributed by atoms with van der Waals surface area (Å²) in [5, 5.41) is 1.54. The van der Waals surface area contributed by atoms with E-state index in [9.17, 15) is 0 Å². The third-order valence-electron chi connectivity index (χ3n) is 4.55. The first-order valence-corrected chi connectivity index (χ1v) is 10.8. The summed E-state index contributed by atoms with van der Waals surface area (Å²) in [6.07, 6.45) is 3.69. The van der Waals surface area contributed by atoms with Crippen molar-refractivity contribution in [2.24, 2.45) is 0 Å². The molecule has 1 heterocycles. The number of hydrogen-bond donors (Lipinski definition) is 0. The van der Waals surface area contributed by atoms with Gasteiger partial charge in [-0.15, -0.1) is 0 Å². The average Bonchev–Trinajstić information content (AvgIpc) is 3.19. The van der Waals surface area contributed by atoms with Crippen LogP contribution in [0.5, 0.6) is 0 Å². The highest BCUT2D eigenvalue weighted by Crippen LogP contribution is 2.35. The molecule has 0 radical (unpaired) electrons. The summed E-state index contributed by atoms with van der Waals surface area (Å²) in [4.78, 5) is 0. The van der Waals surface area contributed by atoms with Crippen LogP contribution in [0.1, 0.15) is 41.0 Å². The van der Waals surface area contributed by atoms with Gasteiger partial charge in [0.1, 0.15) is 6.10 Å². The molecule has 0 aromatic heterocycles. The van der Waals surface area contributed by atoms with Crippen molar-refractivity contribution in [3.05, 3.63) is 23.4 Å². The highest BCUT2D eigenvalue weighted by molar-refractivity contribution is 6.85. The van der Waals surface area contributed by atoms with Gasteiger partial charge < -0.3 is 9.47 Å². The second-order valence-corrected chi connectivity index (χ2v) is 11.9. The van der Waals surface area contributed by atoms with Gasteiger partial charge in [-0.1, -0.05) is 55.9 Å². The van der Waals surface area contributed by atoms with Gasteiger partial charge in [0.05, 0.1) is 26.9 Å². The smallest absolute Gasteiger partial charge is 0.104 e. The van der Waals surface area contributed by atoms with Crippen molar-refractivity contribution in [3.63, 3.8) is 0 Å². The van der Waals surface area contributed by atoms with Gasteiger partial charge in [-0.3, -0.25) is 0 Å². The maximum Gasteiger partial charge on any atom is 0.104 e. The molecule has 1 atom stereocenters. The van der Waals surface area contributed by atoms with Gasteiger partial charge in [0.2, 0.25) is 0 Å². The molecule has 2 nitrogen and oxygen atoms in total. The minimum atomic E-state index is -1.43. The first-order chi connectivity index (χ1) is 9.25. The van der Waals surface area contributed by atoms with E-state index in [-0.39, 0.29) is 5.60 Å². The summed E-state index contributed by atoms with van der Waals surface area (Å²) in [5.74, 6) is 0. The van der Waals surface area contributed by atoms with Crippen molar-refractivity contribution >= 4 is 8.07 Å². The van der Waals surface area contributed by atoms with Crippen molar-refractivity contribution in [3.8, 4) is 0 Å². The van der Waals surface area contributed by atoms with Crippen LogP contribution in [0.2, 0.25) is 18.6 Å². The first kappa shape index (κ1) is 17.7. The van der Waals surface area contributed by atoms with E-state index < -0.39 is 8.07 Å². The van der Waals surface area contributed by atoms with Crippen LogP contribution in [-0.2, 0) is 9.47 Å². The van der Waals surface area contributed by atoms with Gasteiger partial charge in [-0.2, -0.15) is 0 Å². The maximum absolute atomic E-state index is 6.21. The standard InChI is InChI=1S/C17H32O2Si/c1-8-20(7,9-2)16(11-10-14(3)4)17(5,6)19-13-15-12-18-15/h11,15H,3,8-10,12-13H2,1-2,4-7H3/b16-11-/t15-/m1/s1. The zero-order valence-electron chi connectivity index (χ0n) is 14.2. The van der Waals surface area contributed by atoms with Crippen LogP contribution in [0, 0.1) is 0 Å². The van der Waals surface area contributed by atoms with Crippen LogP contribution >= 0.6 is 0 Å². The molecule has 0 aromatic carbocycles. The molecule has 0 spiro atoms. The molecule has 0 aromatic rings. The molecular weight excluding hydrogens is 264 g/mol. The fraction of sp³-hybridized carbons (Fsp3) is 0.765. The van der Waals surface area contributed by atoms with Gasteiger partial charge in [0, 0.05) is 0 Å². The summed E-state index contributed by atoms with van der Waals surface area (Å²) in [6.45, 7) is 19.3. The number of allylic oxidation sites excluding steroid dienone is 2. The Balaban J connectivity index is 2.94. The molecule has 0 saturated carbocycles. The Morgan fingerprint density at radius 2 is 1.95 bits per heavy atom. The topological polar surface area (TPSA) is 21.8 Å². The predicted molar refractivity (Wildman–Crippen MR) is 89.9 cm³/mol. The predicted octanol–water partition coefficient (Wildman–Crippen LogP) is 4.73. The molecule has 116 valence electrons. The molecular formula is C17H32O2Si. The van der Waals surface area contributed by atoms with Crippen LogP contribution in [0.15, 0.2) is 23.4 Å². The maximum atomic E-state index is 6.21. The molecule has 3 heteroatoms. The normalized spacial score (nSPS) is 20.1. The van der Waals surface area contributed by atoms with E-state index in [1.807, 2.05) is 0 Å². The van der Waals surface area contributed by atoms with Crippen molar-refractivity contribution in [1.29, 1.82) is 0 Å². The summed E-state index contributed by atoms with van der Waals surface area (Å²) >= 11 is 0. The number of hydrogen-bond acceptors (Lipinski definition) is 2. The Labute approximate surface area is 126 Å². The fourth-order valence-corrected chi connectivity index (χ4v) is 6.05. The Kier molecular flexibility index (Phi) is 6.23. The molecule has 0 bridgehead atoms. The van der Waals surface area contributed by atoms with E-state index in [0.29, 0.717) is 6.10 Å². The third kappa shape index (κ3) is 4.87. The van der Waals surface area contributed by atoms with Crippen molar-refractivity contribution in [2.75, 3.05) is 13.2 Å². The van der Waals surface area contributed by atoms with E-state index in [0.717, 1.165) is 19.6 Å². The van der Waals surface area contributed by atoms with E-state index >= 15 is 0 Å². The lowest BCUT2D eigenvalue weighted by molar-refractivity contribution is 0.00636. The van der Waals surface area contributed by atoms with Crippen LogP contribution in [0.3, 0.4) is 0 Å². The number of ether oxygens (including phenoxy) is 2. The molecule has 0 aliphatic carbocycles. The highest BCUT2D eigenvalue weighted by atomic mass is 28.3. The van der Waals surface area contributed by atoms with Crippen molar-refractivity contribution in [2.45, 2.75) is 71.4 Å². The van der Waals surface area contributed by atoms with Crippen LogP contribution in [0.25, 0.3) is 0 Å². The third-order valence-corrected chi connectivity index (χ3v) is 9.77. The van der Waals surface area contributed by atoms with E-state index in [2.05, 4.69) is 53.8 Å². The molecule has 20 heavy (non-hydrogen) atoms. The minimum absolute atomic E-state index is 0.186. The number of rotatable bonds is 9. The lowest BCUT2D eigenvalue weighted by Crippen LogP contribution is -2.44. The lowest BCUT2D eigenvalue weighted by atomic mass is 10.1. The van der Waals surface area contributed by atoms with Crippen molar-refractivity contribution < 1.29 is 9.47 Å². The Hall–Kier alpha value is -0.383. The monoisotopic (exact) mass is 296 g/mol. The summed E-state index contributed by atoms with van der Waals surface area (Å²) in [5.41, 5.74) is 1.03. The van der Waals surface area contributed by atoms with Crippen LogP contribution < -0.4 is 0 Å². The molecule has 1 aliphatic heterocycles. The fourth-order valence-electron chi connectivity index (χ4n) is 2.67. The van der Waals surface area contributed by atoms with Gasteiger partial charge in [-0.25, -0.2) is 0 Å². The van der Waals surface area contributed by atoms with Crippen LogP contribution in [0.4, 0.5) is 0 Å². The van der Waals surface area contributed by atoms with E-state index in [1.54, 1.807) is 5.20 Å². The van der Waals surface area contributed by atoms with Crippen LogP contribution in [-0.4, -0.2) is 33.0 Å². The van der Waals surface area contributed by atoms with Gasteiger partial charge in [-0.05, 0) is 27.2 Å². The molecule has 1 fully saturated rings. The molecule has 0 N–H and O–H groups in total. The summed E-state index contributed by atoms with van der Waals surface area (Å²) in [7, 11) is -1.43. The van der Waals surface area contributed by atoms with E-state index in [4.69, 9.17) is 9.47 Å². The quantitative estimate of drug-likeness (QED) is 0.348.